The topological polar surface area (TPSA) is 95.5 Å². The summed E-state index contributed by atoms with van der Waals surface area (Å²) in [6, 6.07) is 6.59. The number of carbonyl (C=O) groups is 3. The fraction of sp³-hybridized carbons (Fsp3) is 0.400. The Morgan fingerprint density at radius 3 is 2.43 bits per heavy atom. The SMILES string of the molecule is CC(C)NC(=O)CNC(=O)CCc1ccccc1C(=O)O. The summed E-state index contributed by atoms with van der Waals surface area (Å²) >= 11 is 0. The number of amides is 2. The van der Waals surface area contributed by atoms with Crippen LogP contribution in [0.4, 0.5) is 0 Å². The molecule has 0 bridgehead atoms. The van der Waals surface area contributed by atoms with Gasteiger partial charge in [-0.1, -0.05) is 18.2 Å². The van der Waals surface area contributed by atoms with Crippen LogP contribution in [0, 0.1) is 0 Å². The molecule has 3 N–H and O–H groups in total. The normalized spacial score (nSPS) is 10.2. The lowest BCUT2D eigenvalue weighted by Gasteiger charge is -2.09. The maximum atomic E-state index is 11.6. The lowest BCUT2D eigenvalue weighted by Crippen LogP contribution is -2.39. The van der Waals surface area contributed by atoms with Crippen molar-refractivity contribution < 1.29 is 19.5 Å². The van der Waals surface area contributed by atoms with E-state index in [2.05, 4.69) is 10.6 Å². The maximum Gasteiger partial charge on any atom is 0.335 e. The molecule has 1 aromatic rings. The molecule has 0 aromatic heterocycles. The van der Waals surface area contributed by atoms with Gasteiger partial charge in [-0.05, 0) is 31.9 Å². The Morgan fingerprint density at radius 2 is 1.81 bits per heavy atom. The molecule has 0 aliphatic heterocycles. The van der Waals surface area contributed by atoms with Crippen molar-refractivity contribution in [2.24, 2.45) is 0 Å². The van der Waals surface area contributed by atoms with E-state index in [1.807, 2.05) is 13.8 Å². The van der Waals surface area contributed by atoms with Crippen LogP contribution >= 0.6 is 0 Å². The molecule has 0 atom stereocenters. The zero-order chi connectivity index (χ0) is 15.8. The molecule has 0 radical (unpaired) electrons. The van der Waals surface area contributed by atoms with E-state index in [1.54, 1.807) is 18.2 Å². The highest BCUT2D eigenvalue weighted by Crippen LogP contribution is 2.11. The number of benzene rings is 1. The first-order valence-corrected chi connectivity index (χ1v) is 6.77. The minimum absolute atomic E-state index is 0.0249. The predicted octanol–water partition coefficient (Wildman–Crippen LogP) is 0.958. The average molecular weight is 292 g/mol. The van der Waals surface area contributed by atoms with E-state index in [0.717, 1.165) is 0 Å². The second kappa shape index (κ2) is 8.04. The van der Waals surface area contributed by atoms with E-state index in [9.17, 15) is 14.4 Å². The van der Waals surface area contributed by atoms with Gasteiger partial charge < -0.3 is 15.7 Å². The summed E-state index contributed by atoms with van der Waals surface area (Å²) in [6.07, 6.45) is 0.458. The third-order valence-electron chi connectivity index (χ3n) is 2.76. The Balaban J connectivity index is 2.43. The van der Waals surface area contributed by atoms with Gasteiger partial charge in [-0.2, -0.15) is 0 Å². The van der Waals surface area contributed by atoms with E-state index in [-0.39, 0.29) is 36.4 Å². The highest BCUT2D eigenvalue weighted by atomic mass is 16.4. The van der Waals surface area contributed by atoms with Gasteiger partial charge in [0, 0.05) is 12.5 Å². The Hall–Kier alpha value is -2.37. The van der Waals surface area contributed by atoms with E-state index in [1.165, 1.54) is 6.07 Å². The van der Waals surface area contributed by atoms with Gasteiger partial charge in [0.2, 0.25) is 11.8 Å². The summed E-state index contributed by atoms with van der Waals surface area (Å²) in [5.74, 6) is -1.54. The standard InChI is InChI=1S/C15H20N2O4/c1-10(2)17-14(19)9-16-13(18)8-7-11-5-3-4-6-12(11)15(20)21/h3-6,10H,7-9H2,1-2H3,(H,16,18)(H,17,19)(H,20,21). The van der Waals surface area contributed by atoms with Crippen molar-refractivity contribution in [1.29, 1.82) is 0 Å². The van der Waals surface area contributed by atoms with Gasteiger partial charge in [0.15, 0.2) is 0 Å². The van der Waals surface area contributed by atoms with Gasteiger partial charge in [0.25, 0.3) is 0 Å². The number of carbonyl (C=O) groups excluding carboxylic acids is 2. The molecule has 1 aromatic carbocycles. The molecular formula is C15H20N2O4. The van der Waals surface area contributed by atoms with Crippen molar-refractivity contribution in [2.45, 2.75) is 32.7 Å². The average Bonchev–Trinajstić information content (AvgIpc) is 2.42. The molecule has 6 nitrogen and oxygen atoms in total. The van der Waals surface area contributed by atoms with Crippen molar-refractivity contribution >= 4 is 17.8 Å². The molecule has 0 fully saturated rings. The van der Waals surface area contributed by atoms with Crippen LogP contribution in [0.2, 0.25) is 0 Å². The van der Waals surface area contributed by atoms with Gasteiger partial charge in [-0.25, -0.2) is 4.79 Å². The largest absolute Gasteiger partial charge is 0.478 e. The summed E-state index contributed by atoms with van der Waals surface area (Å²) < 4.78 is 0. The van der Waals surface area contributed by atoms with Crippen LogP contribution in [0.3, 0.4) is 0 Å². The molecule has 0 unspecified atom stereocenters. The van der Waals surface area contributed by atoms with Crippen LogP contribution < -0.4 is 10.6 Å². The Bertz CT molecular complexity index is 526. The number of aromatic carboxylic acids is 1. The van der Waals surface area contributed by atoms with Crippen LogP contribution in [-0.2, 0) is 16.0 Å². The lowest BCUT2D eigenvalue weighted by molar-refractivity contribution is -0.126. The summed E-state index contributed by atoms with van der Waals surface area (Å²) in [5.41, 5.74) is 0.801. The second-order valence-corrected chi connectivity index (χ2v) is 4.96. The van der Waals surface area contributed by atoms with Crippen LogP contribution in [0.15, 0.2) is 24.3 Å². The molecule has 0 saturated heterocycles. The number of nitrogens with one attached hydrogen (secondary N) is 2. The van der Waals surface area contributed by atoms with Gasteiger partial charge >= 0.3 is 5.97 Å². The highest BCUT2D eigenvalue weighted by molar-refractivity contribution is 5.89. The minimum Gasteiger partial charge on any atom is -0.478 e. The number of rotatable bonds is 7. The summed E-state index contributed by atoms with van der Waals surface area (Å²) in [6.45, 7) is 3.60. The van der Waals surface area contributed by atoms with Crippen molar-refractivity contribution in [1.82, 2.24) is 10.6 Å². The molecular weight excluding hydrogens is 272 g/mol. The van der Waals surface area contributed by atoms with Crippen molar-refractivity contribution in [2.75, 3.05) is 6.54 Å². The number of carboxylic acid groups (broad SMARTS) is 1. The molecule has 2 amide bonds. The molecule has 21 heavy (non-hydrogen) atoms. The third kappa shape index (κ3) is 6.07. The summed E-state index contributed by atoms with van der Waals surface area (Å²) in [7, 11) is 0. The van der Waals surface area contributed by atoms with E-state index in [4.69, 9.17) is 5.11 Å². The Labute approximate surface area is 123 Å². The smallest absolute Gasteiger partial charge is 0.335 e. The van der Waals surface area contributed by atoms with Gasteiger partial charge in [-0.15, -0.1) is 0 Å². The first-order chi connectivity index (χ1) is 9.90. The summed E-state index contributed by atoms with van der Waals surface area (Å²) in [5, 5.41) is 14.2. The molecule has 0 aliphatic carbocycles. The predicted molar refractivity (Wildman–Crippen MR) is 78.0 cm³/mol. The number of hydrogen-bond donors (Lipinski definition) is 3. The maximum absolute atomic E-state index is 11.6. The Morgan fingerprint density at radius 1 is 1.14 bits per heavy atom. The molecule has 0 heterocycles. The van der Waals surface area contributed by atoms with Crippen LogP contribution in [-0.4, -0.2) is 35.5 Å². The Kier molecular flexibility index (Phi) is 6.39. The van der Waals surface area contributed by atoms with Crippen molar-refractivity contribution in [3.63, 3.8) is 0 Å². The first kappa shape index (κ1) is 16.7. The quantitative estimate of drug-likeness (QED) is 0.697. The zero-order valence-electron chi connectivity index (χ0n) is 12.2. The molecule has 114 valence electrons. The van der Waals surface area contributed by atoms with Crippen LogP contribution in [0.1, 0.15) is 36.2 Å². The van der Waals surface area contributed by atoms with Crippen LogP contribution in [0.5, 0.6) is 0 Å². The van der Waals surface area contributed by atoms with Crippen molar-refractivity contribution in [3.05, 3.63) is 35.4 Å². The first-order valence-electron chi connectivity index (χ1n) is 6.77. The van der Waals surface area contributed by atoms with Gasteiger partial charge in [0.1, 0.15) is 0 Å². The number of carboxylic acids is 1. The third-order valence-corrected chi connectivity index (χ3v) is 2.76. The fourth-order valence-electron chi connectivity index (χ4n) is 1.84. The monoisotopic (exact) mass is 292 g/mol. The molecule has 0 spiro atoms. The zero-order valence-corrected chi connectivity index (χ0v) is 12.2. The van der Waals surface area contributed by atoms with Crippen molar-refractivity contribution in [3.8, 4) is 0 Å². The van der Waals surface area contributed by atoms with E-state index >= 15 is 0 Å². The molecule has 0 aliphatic rings. The van der Waals surface area contributed by atoms with Crippen LogP contribution in [0.25, 0.3) is 0 Å². The highest BCUT2D eigenvalue weighted by Gasteiger charge is 2.11. The number of aryl methyl sites for hydroxylation is 1. The fourth-order valence-corrected chi connectivity index (χ4v) is 1.84. The van der Waals surface area contributed by atoms with E-state index in [0.29, 0.717) is 12.0 Å². The summed E-state index contributed by atoms with van der Waals surface area (Å²) in [4.78, 5) is 34.1. The van der Waals surface area contributed by atoms with E-state index < -0.39 is 5.97 Å². The number of hydrogen-bond acceptors (Lipinski definition) is 3. The second-order valence-electron chi connectivity index (χ2n) is 4.96. The van der Waals surface area contributed by atoms with Gasteiger partial charge in [0.05, 0.1) is 12.1 Å². The minimum atomic E-state index is -1.01. The molecule has 0 saturated carbocycles. The lowest BCUT2D eigenvalue weighted by atomic mass is 10.0. The van der Waals surface area contributed by atoms with Gasteiger partial charge in [-0.3, -0.25) is 9.59 Å². The molecule has 6 heteroatoms. The molecule has 1 rings (SSSR count).